The molecule has 1 saturated carbocycles. The highest BCUT2D eigenvalue weighted by atomic mass is 16.2. The second-order valence-corrected chi connectivity index (χ2v) is 8.04. The summed E-state index contributed by atoms with van der Waals surface area (Å²) >= 11 is 0. The number of hydrogen-bond donors (Lipinski definition) is 0. The molecule has 29 heavy (non-hydrogen) atoms. The fourth-order valence-electron chi connectivity index (χ4n) is 4.35. The summed E-state index contributed by atoms with van der Waals surface area (Å²) in [7, 11) is 1.69. The number of nitrogens with zero attached hydrogens (tertiary/aromatic N) is 4. The maximum absolute atomic E-state index is 12.7. The monoisotopic (exact) mass is 394 g/mol. The zero-order valence-electron chi connectivity index (χ0n) is 16.7. The van der Waals surface area contributed by atoms with Crippen molar-refractivity contribution in [1.82, 2.24) is 19.6 Å². The molecule has 2 aromatic rings. The number of imide groups is 1. The number of benzene rings is 1. The van der Waals surface area contributed by atoms with Crippen LogP contribution in [0.5, 0.6) is 0 Å². The fourth-order valence-corrected chi connectivity index (χ4v) is 4.35. The molecule has 1 aliphatic carbocycles. The first-order valence-corrected chi connectivity index (χ1v) is 10.2. The molecule has 0 spiro atoms. The van der Waals surface area contributed by atoms with Gasteiger partial charge in [-0.15, -0.1) is 0 Å². The van der Waals surface area contributed by atoms with Crippen molar-refractivity contribution >= 4 is 17.7 Å². The van der Waals surface area contributed by atoms with E-state index in [1.165, 1.54) is 4.90 Å². The Kier molecular flexibility index (Phi) is 5.47. The lowest BCUT2D eigenvalue weighted by atomic mass is 9.81. The Morgan fingerprint density at radius 3 is 2.38 bits per heavy atom. The first-order chi connectivity index (χ1) is 14.0. The molecular formula is C22H26N4O3. The number of carbonyl (C=O) groups is 3. The van der Waals surface area contributed by atoms with E-state index in [0.29, 0.717) is 13.1 Å². The molecule has 7 heteroatoms. The van der Waals surface area contributed by atoms with Gasteiger partial charge in [0.1, 0.15) is 6.54 Å². The first-order valence-electron chi connectivity index (χ1n) is 10.2. The third-order valence-electron chi connectivity index (χ3n) is 5.95. The molecule has 0 radical (unpaired) electrons. The summed E-state index contributed by atoms with van der Waals surface area (Å²) < 4.78 is 1.83. The van der Waals surface area contributed by atoms with E-state index in [-0.39, 0.29) is 36.1 Å². The average molecular weight is 394 g/mol. The predicted octanol–water partition coefficient (Wildman–Crippen LogP) is 2.07. The summed E-state index contributed by atoms with van der Waals surface area (Å²) in [5.74, 6) is -1.01. The Balaban J connectivity index is 1.34. The maximum Gasteiger partial charge on any atom is 0.242 e. The van der Waals surface area contributed by atoms with Crippen LogP contribution in [0.25, 0.3) is 0 Å². The highest BCUT2D eigenvalue weighted by Crippen LogP contribution is 2.37. The number of likely N-dealkylation sites (tertiary alicyclic amines) is 1. The van der Waals surface area contributed by atoms with Gasteiger partial charge in [-0.05, 0) is 18.4 Å². The number of carbonyl (C=O) groups excluding carboxylic acids is 3. The van der Waals surface area contributed by atoms with Crippen molar-refractivity contribution in [1.29, 1.82) is 0 Å². The Hall–Kier alpha value is -2.96. The summed E-state index contributed by atoms with van der Waals surface area (Å²) in [6, 6.07) is 10.0. The zero-order chi connectivity index (χ0) is 20.4. The molecule has 1 aliphatic heterocycles. The van der Waals surface area contributed by atoms with Gasteiger partial charge in [0.2, 0.25) is 17.7 Å². The van der Waals surface area contributed by atoms with E-state index in [1.807, 2.05) is 41.2 Å². The molecule has 2 atom stereocenters. The molecular weight excluding hydrogens is 368 g/mol. The number of amides is 3. The summed E-state index contributed by atoms with van der Waals surface area (Å²) in [5.41, 5.74) is 2.06. The van der Waals surface area contributed by atoms with Crippen LogP contribution in [0.15, 0.2) is 42.7 Å². The van der Waals surface area contributed by atoms with Crippen LogP contribution in [0, 0.1) is 11.8 Å². The molecule has 0 bridgehead atoms. The van der Waals surface area contributed by atoms with Gasteiger partial charge >= 0.3 is 0 Å². The van der Waals surface area contributed by atoms with E-state index >= 15 is 0 Å². The molecule has 152 valence electrons. The van der Waals surface area contributed by atoms with Crippen LogP contribution < -0.4 is 0 Å². The minimum Gasteiger partial charge on any atom is -0.340 e. The lowest BCUT2D eigenvalue weighted by molar-refractivity contribution is -0.146. The van der Waals surface area contributed by atoms with Crippen molar-refractivity contribution in [3.8, 4) is 0 Å². The molecule has 4 rings (SSSR count). The van der Waals surface area contributed by atoms with Crippen LogP contribution in [0.3, 0.4) is 0 Å². The zero-order valence-corrected chi connectivity index (χ0v) is 16.7. The SMILES string of the molecule is CN(Cc1cnn(Cc2ccccc2)c1)C(=O)CN1C(=O)[C@H]2CCCC[C@H]2C1=O. The third kappa shape index (κ3) is 4.09. The van der Waals surface area contributed by atoms with Gasteiger partial charge in [-0.1, -0.05) is 43.2 Å². The number of rotatable bonds is 6. The summed E-state index contributed by atoms with van der Waals surface area (Å²) in [6.45, 7) is 0.883. The topological polar surface area (TPSA) is 75.5 Å². The Labute approximate surface area is 170 Å². The number of aromatic nitrogens is 2. The first kappa shape index (κ1) is 19.4. The average Bonchev–Trinajstić information content (AvgIpc) is 3.26. The van der Waals surface area contributed by atoms with Crippen molar-refractivity contribution in [3.63, 3.8) is 0 Å². The number of likely N-dealkylation sites (N-methyl/N-ethyl adjacent to an activating group) is 1. The van der Waals surface area contributed by atoms with E-state index in [4.69, 9.17) is 0 Å². The number of hydrogen-bond acceptors (Lipinski definition) is 4. The largest absolute Gasteiger partial charge is 0.340 e. The standard InChI is InChI=1S/C22H26N4O3/c1-24(12-17-11-23-25(14-17)13-16-7-3-2-4-8-16)20(27)15-26-21(28)18-9-5-6-10-19(18)22(26)29/h2-4,7-8,11,14,18-19H,5-6,9-10,12-13,15H2,1H3/t18-,19+. The second-order valence-electron chi connectivity index (χ2n) is 8.04. The fraction of sp³-hybridized carbons (Fsp3) is 0.455. The summed E-state index contributed by atoms with van der Waals surface area (Å²) in [6.07, 6.45) is 7.14. The van der Waals surface area contributed by atoms with Gasteiger partial charge in [-0.25, -0.2) is 0 Å². The van der Waals surface area contributed by atoms with Crippen LogP contribution in [0.2, 0.25) is 0 Å². The van der Waals surface area contributed by atoms with E-state index in [1.54, 1.807) is 18.1 Å². The van der Waals surface area contributed by atoms with Gasteiger partial charge in [0.25, 0.3) is 0 Å². The van der Waals surface area contributed by atoms with E-state index in [2.05, 4.69) is 5.10 Å². The Bertz CT molecular complexity index is 884. The van der Waals surface area contributed by atoms with Crippen LogP contribution in [0.4, 0.5) is 0 Å². The molecule has 1 saturated heterocycles. The van der Waals surface area contributed by atoms with Crippen molar-refractivity contribution in [2.45, 2.75) is 38.8 Å². The van der Waals surface area contributed by atoms with Gasteiger partial charge in [-0.3, -0.25) is 24.0 Å². The van der Waals surface area contributed by atoms with Gasteiger partial charge in [0.15, 0.2) is 0 Å². The van der Waals surface area contributed by atoms with Crippen LogP contribution in [-0.4, -0.2) is 50.9 Å². The van der Waals surface area contributed by atoms with Gasteiger partial charge in [0, 0.05) is 25.4 Å². The lowest BCUT2D eigenvalue weighted by Crippen LogP contribution is -2.41. The molecule has 1 aromatic carbocycles. The maximum atomic E-state index is 12.7. The molecule has 2 heterocycles. The smallest absolute Gasteiger partial charge is 0.242 e. The highest BCUT2D eigenvalue weighted by molar-refractivity contribution is 6.07. The van der Waals surface area contributed by atoms with E-state index < -0.39 is 0 Å². The second kappa shape index (κ2) is 8.19. The summed E-state index contributed by atoms with van der Waals surface area (Å²) in [5, 5.41) is 4.36. The van der Waals surface area contributed by atoms with Crippen LogP contribution >= 0.6 is 0 Å². The van der Waals surface area contributed by atoms with Gasteiger partial charge < -0.3 is 4.90 Å². The Morgan fingerprint density at radius 1 is 1.07 bits per heavy atom. The van der Waals surface area contributed by atoms with Crippen molar-refractivity contribution < 1.29 is 14.4 Å². The highest BCUT2D eigenvalue weighted by Gasteiger charge is 2.48. The van der Waals surface area contributed by atoms with Crippen molar-refractivity contribution in [3.05, 3.63) is 53.9 Å². The summed E-state index contributed by atoms with van der Waals surface area (Å²) in [4.78, 5) is 40.5. The van der Waals surface area contributed by atoms with Gasteiger partial charge in [-0.2, -0.15) is 5.10 Å². The van der Waals surface area contributed by atoms with Crippen LogP contribution in [0.1, 0.15) is 36.8 Å². The number of fused-ring (bicyclic) bond motifs is 1. The van der Waals surface area contributed by atoms with Crippen molar-refractivity contribution in [2.75, 3.05) is 13.6 Å². The minimum absolute atomic E-state index is 0.167. The molecule has 3 amide bonds. The molecule has 1 aromatic heterocycles. The molecule has 7 nitrogen and oxygen atoms in total. The quantitative estimate of drug-likeness (QED) is 0.703. The van der Waals surface area contributed by atoms with Crippen LogP contribution in [-0.2, 0) is 27.5 Å². The predicted molar refractivity (Wildman–Crippen MR) is 106 cm³/mol. The third-order valence-corrected chi connectivity index (χ3v) is 5.95. The minimum atomic E-state index is -0.235. The van der Waals surface area contributed by atoms with E-state index in [9.17, 15) is 14.4 Å². The molecule has 2 fully saturated rings. The normalized spacial score (nSPS) is 21.3. The van der Waals surface area contributed by atoms with Crippen molar-refractivity contribution in [2.24, 2.45) is 11.8 Å². The van der Waals surface area contributed by atoms with Gasteiger partial charge in [0.05, 0.1) is 24.6 Å². The molecule has 0 N–H and O–H groups in total. The lowest BCUT2D eigenvalue weighted by Gasteiger charge is -2.20. The molecule has 0 unspecified atom stereocenters. The molecule has 2 aliphatic rings. The Morgan fingerprint density at radius 2 is 1.72 bits per heavy atom. The van der Waals surface area contributed by atoms with E-state index in [0.717, 1.165) is 36.8 Å².